The SMILES string of the molecule is Cc1ccc2c(c1)N(c1ccc3ccccc3c1)c1ccc3c4c(c(C)c(C)c-2c14)-c1ccc(C)cc1N3c1ccc2ccccc2c1. The molecular formula is C46H34N2. The molecule has 0 saturated carbocycles. The first-order chi connectivity index (χ1) is 23.5. The molecule has 10 rings (SSSR count). The van der Waals surface area contributed by atoms with Crippen molar-refractivity contribution < 1.29 is 0 Å². The van der Waals surface area contributed by atoms with E-state index in [1.165, 1.54) is 111 Å². The Hall–Kier alpha value is -5.86. The lowest BCUT2D eigenvalue weighted by Gasteiger charge is -2.40. The summed E-state index contributed by atoms with van der Waals surface area (Å²) in [6.45, 7) is 9.06. The van der Waals surface area contributed by atoms with Crippen LogP contribution in [0, 0.1) is 27.7 Å². The number of nitrogens with zero attached hydrogens (tertiary/aromatic N) is 2. The number of aryl methyl sites for hydroxylation is 2. The maximum absolute atomic E-state index is 2.50. The molecule has 0 amide bonds. The molecule has 0 spiro atoms. The molecule has 2 aliphatic heterocycles. The normalized spacial score (nSPS) is 12.9. The van der Waals surface area contributed by atoms with Crippen LogP contribution in [0.4, 0.5) is 34.1 Å². The van der Waals surface area contributed by atoms with Gasteiger partial charge in [0.05, 0.1) is 22.7 Å². The van der Waals surface area contributed by atoms with E-state index in [-0.39, 0.29) is 0 Å². The van der Waals surface area contributed by atoms with Gasteiger partial charge < -0.3 is 9.80 Å². The molecule has 2 heterocycles. The van der Waals surface area contributed by atoms with Crippen LogP contribution >= 0.6 is 0 Å². The molecule has 228 valence electrons. The van der Waals surface area contributed by atoms with Crippen molar-refractivity contribution in [1.82, 2.24) is 0 Å². The molecule has 8 aromatic carbocycles. The second-order valence-electron chi connectivity index (χ2n) is 13.6. The molecule has 0 N–H and O–H groups in total. The number of anilines is 6. The van der Waals surface area contributed by atoms with Crippen molar-refractivity contribution in [3.8, 4) is 22.3 Å². The quantitative estimate of drug-likeness (QED) is 0.191. The maximum atomic E-state index is 2.50. The molecule has 0 radical (unpaired) electrons. The Kier molecular flexibility index (Phi) is 5.58. The van der Waals surface area contributed by atoms with Crippen molar-refractivity contribution in [2.75, 3.05) is 9.80 Å². The monoisotopic (exact) mass is 614 g/mol. The highest BCUT2D eigenvalue weighted by molar-refractivity contribution is 6.26. The number of benzene rings is 8. The molecular weight excluding hydrogens is 581 g/mol. The molecule has 2 aliphatic rings. The van der Waals surface area contributed by atoms with Crippen LogP contribution in [-0.2, 0) is 0 Å². The smallest absolute Gasteiger partial charge is 0.0548 e. The first-order valence-electron chi connectivity index (χ1n) is 16.9. The van der Waals surface area contributed by atoms with Crippen molar-refractivity contribution in [1.29, 1.82) is 0 Å². The first-order valence-corrected chi connectivity index (χ1v) is 16.9. The van der Waals surface area contributed by atoms with E-state index in [4.69, 9.17) is 0 Å². The number of rotatable bonds is 2. The molecule has 0 saturated heterocycles. The molecule has 2 heteroatoms. The average molecular weight is 615 g/mol. The molecule has 8 aromatic rings. The maximum Gasteiger partial charge on any atom is 0.0548 e. The van der Waals surface area contributed by atoms with Crippen LogP contribution < -0.4 is 9.80 Å². The van der Waals surface area contributed by atoms with Crippen LogP contribution in [0.1, 0.15) is 22.3 Å². The molecule has 0 aromatic heterocycles. The van der Waals surface area contributed by atoms with Gasteiger partial charge in [0.2, 0.25) is 0 Å². The van der Waals surface area contributed by atoms with E-state index in [0.717, 1.165) is 0 Å². The molecule has 0 bridgehead atoms. The highest BCUT2D eigenvalue weighted by atomic mass is 15.2. The summed E-state index contributed by atoms with van der Waals surface area (Å²) in [5.74, 6) is 0. The molecule has 48 heavy (non-hydrogen) atoms. The first kappa shape index (κ1) is 27.3. The average Bonchev–Trinajstić information content (AvgIpc) is 3.11. The Balaban J connectivity index is 1.35. The topological polar surface area (TPSA) is 6.48 Å². The number of hydrogen-bond donors (Lipinski definition) is 0. The Morgan fingerprint density at radius 2 is 0.771 bits per heavy atom. The number of fused-ring (bicyclic) bond motifs is 6. The van der Waals surface area contributed by atoms with Gasteiger partial charge in [-0.05, 0) is 131 Å². The minimum Gasteiger partial charge on any atom is -0.309 e. The van der Waals surface area contributed by atoms with Crippen molar-refractivity contribution in [3.63, 3.8) is 0 Å². The largest absolute Gasteiger partial charge is 0.309 e. The van der Waals surface area contributed by atoms with E-state index < -0.39 is 0 Å². The highest BCUT2D eigenvalue weighted by Gasteiger charge is 2.35. The second kappa shape index (κ2) is 9.82. The van der Waals surface area contributed by atoms with Crippen LogP contribution in [0.5, 0.6) is 0 Å². The van der Waals surface area contributed by atoms with Gasteiger partial charge in [0.1, 0.15) is 0 Å². The van der Waals surface area contributed by atoms with Gasteiger partial charge in [0.15, 0.2) is 0 Å². The van der Waals surface area contributed by atoms with Crippen molar-refractivity contribution >= 4 is 66.4 Å². The Morgan fingerprint density at radius 3 is 1.21 bits per heavy atom. The summed E-state index contributed by atoms with van der Waals surface area (Å²) < 4.78 is 0. The summed E-state index contributed by atoms with van der Waals surface area (Å²) in [5.41, 5.74) is 17.8. The Morgan fingerprint density at radius 1 is 0.354 bits per heavy atom. The zero-order chi connectivity index (χ0) is 32.3. The van der Waals surface area contributed by atoms with Gasteiger partial charge in [-0.1, -0.05) is 84.9 Å². The lowest BCUT2D eigenvalue weighted by Crippen LogP contribution is -2.20. The summed E-state index contributed by atoms with van der Waals surface area (Å²) in [6.07, 6.45) is 0. The second-order valence-corrected chi connectivity index (χ2v) is 13.6. The zero-order valence-electron chi connectivity index (χ0n) is 27.6. The van der Waals surface area contributed by atoms with Gasteiger partial charge in [-0.2, -0.15) is 0 Å². The Labute approximate surface area is 281 Å². The summed E-state index contributed by atoms with van der Waals surface area (Å²) in [7, 11) is 0. The third-order valence-electron chi connectivity index (χ3n) is 10.8. The van der Waals surface area contributed by atoms with E-state index in [0.29, 0.717) is 0 Å². The lowest BCUT2D eigenvalue weighted by molar-refractivity contribution is 1.23. The van der Waals surface area contributed by atoms with Crippen molar-refractivity contribution in [3.05, 3.63) is 156 Å². The van der Waals surface area contributed by atoms with Gasteiger partial charge in [-0.25, -0.2) is 0 Å². The van der Waals surface area contributed by atoms with E-state index >= 15 is 0 Å². The predicted octanol–water partition coefficient (Wildman–Crippen LogP) is 13.3. The standard InChI is InChI=1S/C46H34N2/c1-27-13-19-37-41(23-27)47(35-17-15-31-9-5-7-11-33(31)25-35)39-21-22-40-46-44(30(4)29(3)43(37)45(39)46)38-20-14-28(2)24-42(38)48(40)36-18-16-32-10-6-8-12-34(32)26-36/h5-26H,1-4H3. The van der Waals surface area contributed by atoms with Gasteiger partial charge in [0.25, 0.3) is 0 Å². The van der Waals surface area contributed by atoms with Crippen LogP contribution in [0.25, 0.3) is 54.6 Å². The molecule has 2 nitrogen and oxygen atoms in total. The van der Waals surface area contributed by atoms with Gasteiger partial charge >= 0.3 is 0 Å². The third-order valence-corrected chi connectivity index (χ3v) is 10.8. The van der Waals surface area contributed by atoms with Gasteiger partial charge in [0, 0.05) is 33.3 Å². The fourth-order valence-electron chi connectivity index (χ4n) is 8.41. The van der Waals surface area contributed by atoms with E-state index in [1.807, 2.05) is 0 Å². The number of hydrogen-bond acceptors (Lipinski definition) is 2. The molecule has 0 fully saturated rings. The zero-order valence-corrected chi connectivity index (χ0v) is 27.6. The summed E-state index contributed by atoms with van der Waals surface area (Å²) in [4.78, 5) is 5.01. The fraction of sp³-hybridized carbons (Fsp3) is 0.0870. The minimum absolute atomic E-state index is 1.18. The van der Waals surface area contributed by atoms with Crippen LogP contribution in [0.3, 0.4) is 0 Å². The fourth-order valence-corrected chi connectivity index (χ4v) is 8.41. The molecule has 0 unspecified atom stereocenters. The van der Waals surface area contributed by atoms with E-state index in [2.05, 4.69) is 171 Å². The van der Waals surface area contributed by atoms with Crippen molar-refractivity contribution in [2.45, 2.75) is 27.7 Å². The summed E-state index contributed by atoms with van der Waals surface area (Å²) >= 11 is 0. The van der Waals surface area contributed by atoms with Gasteiger partial charge in [-0.15, -0.1) is 0 Å². The third kappa shape index (κ3) is 3.69. The summed E-state index contributed by atoms with van der Waals surface area (Å²) in [5, 5.41) is 7.65. The van der Waals surface area contributed by atoms with Crippen molar-refractivity contribution in [2.24, 2.45) is 0 Å². The molecule has 0 aliphatic carbocycles. The van der Waals surface area contributed by atoms with Crippen LogP contribution in [0.2, 0.25) is 0 Å². The van der Waals surface area contributed by atoms with Crippen LogP contribution in [-0.4, -0.2) is 0 Å². The van der Waals surface area contributed by atoms with E-state index in [9.17, 15) is 0 Å². The van der Waals surface area contributed by atoms with Gasteiger partial charge in [-0.3, -0.25) is 0 Å². The molecule has 0 atom stereocenters. The lowest BCUT2D eigenvalue weighted by atomic mass is 9.78. The van der Waals surface area contributed by atoms with Crippen LogP contribution in [0.15, 0.2) is 133 Å². The predicted molar refractivity (Wildman–Crippen MR) is 205 cm³/mol. The highest BCUT2D eigenvalue weighted by Crippen LogP contribution is 2.60. The summed E-state index contributed by atoms with van der Waals surface area (Å²) in [6, 6.07) is 49.8. The Bertz CT molecular complexity index is 2500. The minimum atomic E-state index is 1.18. The van der Waals surface area contributed by atoms with E-state index in [1.54, 1.807) is 0 Å².